The Morgan fingerprint density at radius 2 is 1.64 bits per heavy atom. The van der Waals surface area contributed by atoms with Gasteiger partial charge in [-0.1, -0.05) is 69.9 Å². The number of nitrogens with zero attached hydrogens (tertiary/aromatic N) is 3. The molecular weight excluding hydrogens is 278 g/mol. The summed E-state index contributed by atoms with van der Waals surface area (Å²) in [7, 11) is 0. The standard InChI is InChI=1S/C17H31N3O2/c1-3-4-5-6-7-8-9-10-11-12-13-20-14-17(18-19-20)15-22-16(2)21/h14H,3-13,15H2,1-2H3. The Balaban J connectivity index is 1.95. The average molecular weight is 309 g/mol. The van der Waals surface area contributed by atoms with Gasteiger partial charge in [-0.25, -0.2) is 0 Å². The molecule has 0 aromatic carbocycles. The molecule has 1 aromatic heterocycles. The van der Waals surface area contributed by atoms with Crippen LogP contribution >= 0.6 is 0 Å². The first-order chi connectivity index (χ1) is 10.7. The van der Waals surface area contributed by atoms with E-state index in [4.69, 9.17) is 4.74 Å². The summed E-state index contributed by atoms with van der Waals surface area (Å²) in [6.07, 6.45) is 15.2. The van der Waals surface area contributed by atoms with Gasteiger partial charge in [0.15, 0.2) is 0 Å². The molecule has 0 fully saturated rings. The Bertz CT molecular complexity index is 404. The molecule has 5 nitrogen and oxygen atoms in total. The summed E-state index contributed by atoms with van der Waals surface area (Å²) in [5, 5.41) is 8.03. The van der Waals surface area contributed by atoms with Gasteiger partial charge in [0.2, 0.25) is 0 Å². The minimum Gasteiger partial charge on any atom is -0.459 e. The van der Waals surface area contributed by atoms with E-state index in [1.54, 1.807) is 0 Å². The van der Waals surface area contributed by atoms with Crippen LogP contribution in [0.3, 0.4) is 0 Å². The van der Waals surface area contributed by atoms with E-state index in [0.29, 0.717) is 5.69 Å². The Kier molecular flexibility index (Phi) is 10.3. The zero-order chi connectivity index (χ0) is 16.0. The highest BCUT2D eigenvalue weighted by Gasteiger charge is 2.02. The first-order valence-corrected chi connectivity index (χ1v) is 8.74. The Morgan fingerprint density at radius 3 is 2.23 bits per heavy atom. The van der Waals surface area contributed by atoms with Crippen molar-refractivity contribution in [2.45, 2.75) is 91.2 Å². The average Bonchev–Trinajstić information content (AvgIpc) is 2.95. The monoisotopic (exact) mass is 309 g/mol. The molecule has 0 amide bonds. The van der Waals surface area contributed by atoms with E-state index < -0.39 is 0 Å². The maximum Gasteiger partial charge on any atom is 0.303 e. The van der Waals surface area contributed by atoms with Gasteiger partial charge in [-0.3, -0.25) is 9.48 Å². The highest BCUT2D eigenvalue weighted by Crippen LogP contribution is 2.10. The van der Waals surface area contributed by atoms with Crippen LogP contribution in [0.4, 0.5) is 0 Å². The molecule has 126 valence electrons. The van der Waals surface area contributed by atoms with Gasteiger partial charge >= 0.3 is 5.97 Å². The van der Waals surface area contributed by atoms with Gasteiger partial charge in [-0.2, -0.15) is 0 Å². The molecule has 0 aliphatic carbocycles. The van der Waals surface area contributed by atoms with Crippen LogP contribution in [0.25, 0.3) is 0 Å². The maximum atomic E-state index is 10.7. The molecule has 0 bridgehead atoms. The van der Waals surface area contributed by atoms with E-state index in [-0.39, 0.29) is 12.6 Å². The van der Waals surface area contributed by atoms with Crippen LogP contribution in [0.1, 0.15) is 83.7 Å². The van der Waals surface area contributed by atoms with Gasteiger partial charge in [-0.15, -0.1) is 5.10 Å². The molecule has 0 radical (unpaired) electrons. The Hall–Kier alpha value is -1.39. The Labute approximate surface area is 134 Å². The number of ether oxygens (including phenoxy) is 1. The first kappa shape index (κ1) is 18.7. The normalized spacial score (nSPS) is 10.8. The third kappa shape index (κ3) is 9.53. The Morgan fingerprint density at radius 1 is 1.05 bits per heavy atom. The number of hydrogen-bond acceptors (Lipinski definition) is 4. The molecule has 0 unspecified atom stereocenters. The summed E-state index contributed by atoms with van der Waals surface area (Å²) in [5.41, 5.74) is 0.710. The van der Waals surface area contributed by atoms with Crippen LogP contribution < -0.4 is 0 Å². The van der Waals surface area contributed by atoms with E-state index in [0.717, 1.165) is 13.0 Å². The quantitative estimate of drug-likeness (QED) is 0.403. The van der Waals surface area contributed by atoms with Crippen molar-refractivity contribution in [1.29, 1.82) is 0 Å². The topological polar surface area (TPSA) is 57.0 Å². The summed E-state index contributed by atoms with van der Waals surface area (Å²) in [5.74, 6) is -0.288. The number of carbonyl (C=O) groups excluding carboxylic acids is 1. The maximum absolute atomic E-state index is 10.7. The molecule has 5 heteroatoms. The molecule has 0 saturated heterocycles. The molecule has 0 atom stereocenters. The second-order valence-electron chi connectivity index (χ2n) is 5.94. The third-order valence-electron chi connectivity index (χ3n) is 3.75. The predicted molar refractivity (Wildman–Crippen MR) is 87.3 cm³/mol. The molecule has 0 aliphatic heterocycles. The predicted octanol–water partition coefficient (Wildman–Crippen LogP) is 4.26. The number of aromatic nitrogens is 3. The molecule has 0 saturated carbocycles. The molecule has 22 heavy (non-hydrogen) atoms. The van der Waals surface area contributed by atoms with Crippen molar-refractivity contribution < 1.29 is 9.53 Å². The fourth-order valence-electron chi connectivity index (χ4n) is 2.45. The number of aryl methyl sites for hydroxylation is 1. The SMILES string of the molecule is CCCCCCCCCCCCn1cc(COC(C)=O)nn1. The lowest BCUT2D eigenvalue weighted by molar-refractivity contribution is -0.142. The number of hydrogen-bond donors (Lipinski definition) is 0. The summed E-state index contributed by atoms with van der Waals surface area (Å²) in [6.45, 7) is 4.76. The van der Waals surface area contributed by atoms with Crippen molar-refractivity contribution in [3.8, 4) is 0 Å². The van der Waals surface area contributed by atoms with Gasteiger partial charge in [0.25, 0.3) is 0 Å². The van der Waals surface area contributed by atoms with Crippen molar-refractivity contribution in [1.82, 2.24) is 15.0 Å². The number of rotatable bonds is 13. The minimum absolute atomic E-state index is 0.216. The van der Waals surface area contributed by atoms with E-state index in [9.17, 15) is 4.79 Å². The third-order valence-corrected chi connectivity index (χ3v) is 3.75. The van der Waals surface area contributed by atoms with Crippen molar-refractivity contribution in [2.24, 2.45) is 0 Å². The summed E-state index contributed by atoms with van der Waals surface area (Å²) in [4.78, 5) is 10.7. The van der Waals surface area contributed by atoms with Crippen molar-refractivity contribution >= 4 is 5.97 Å². The van der Waals surface area contributed by atoms with Crippen molar-refractivity contribution in [3.05, 3.63) is 11.9 Å². The van der Waals surface area contributed by atoms with Crippen LogP contribution in [-0.4, -0.2) is 21.0 Å². The van der Waals surface area contributed by atoms with Gasteiger partial charge < -0.3 is 4.74 Å². The van der Waals surface area contributed by atoms with E-state index in [1.807, 2.05) is 10.9 Å². The van der Waals surface area contributed by atoms with Crippen LogP contribution in [0.15, 0.2) is 6.20 Å². The van der Waals surface area contributed by atoms with Gasteiger partial charge in [0.1, 0.15) is 12.3 Å². The highest BCUT2D eigenvalue weighted by atomic mass is 16.5. The minimum atomic E-state index is -0.288. The van der Waals surface area contributed by atoms with Crippen LogP contribution in [0.5, 0.6) is 0 Å². The summed E-state index contributed by atoms with van der Waals surface area (Å²) >= 11 is 0. The van der Waals surface area contributed by atoms with Crippen LogP contribution in [-0.2, 0) is 22.7 Å². The lowest BCUT2D eigenvalue weighted by Gasteiger charge is -2.02. The van der Waals surface area contributed by atoms with Crippen LogP contribution in [0.2, 0.25) is 0 Å². The fourth-order valence-corrected chi connectivity index (χ4v) is 2.45. The van der Waals surface area contributed by atoms with Crippen LogP contribution in [0, 0.1) is 0 Å². The number of carbonyl (C=O) groups is 1. The second-order valence-corrected chi connectivity index (χ2v) is 5.94. The zero-order valence-electron chi connectivity index (χ0n) is 14.2. The molecular formula is C17H31N3O2. The summed E-state index contributed by atoms with van der Waals surface area (Å²) < 4.78 is 6.73. The second kappa shape index (κ2) is 12.2. The van der Waals surface area contributed by atoms with Crippen molar-refractivity contribution in [3.63, 3.8) is 0 Å². The molecule has 1 rings (SSSR count). The smallest absolute Gasteiger partial charge is 0.303 e. The fraction of sp³-hybridized carbons (Fsp3) is 0.824. The van der Waals surface area contributed by atoms with E-state index in [1.165, 1.54) is 64.7 Å². The first-order valence-electron chi connectivity index (χ1n) is 8.74. The molecule has 1 aromatic rings. The zero-order valence-corrected chi connectivity index (χ0v) is 14.2. The van der Waals surface area contributed by atoms with E-state index >= 15 is 0 Å². The van der Waals surface area contributed by atoms with E-state index in [2.05, 4.69) is 17.2 Å². The van der Waals surface area contributed by atoms with Gasteiger partial charge in [-0.05, 0) is 6.42 Å². The number of esters is 1. The highest BCUT2D eigenvalue weighted by molar-refractivity contribution is 5.65. The lowest BCUT2D eigenvalue weighted by Crippen LogP contribution is -1.99. The van der Waals surface area contributed by atoms with Crippen molar-refractivity contribution in [2.75, 3.05) is 0 Å². The molecule has 0 aliphatic rings. The van der Waals surface area contributed by atoms with Gasteiger partial charge in [0, 0.05) is 13.5 Å². The summed E-state index contributed by atoms with van der Waals surface area (Å²) in [6, 6.07) is 0. The lowest BCUT2D eigenvalue weighted by atomic mass is 10.1. The van der Waals surface area contributed by atoms with Gasteiger partial charge in [0.05, 0.1) is 6.20 Å². The molecule has 0 N–H and O–H groups in total. The largest absolute Gasteiger partial charge is 0.459 e. The molecule has 1 heterocycles. The molecule has 0 spiro atoms. The number of unbranched alkanes of at least 4 members (excludes halogenated alkanes) is 9.